The number of para-hydroxylation sites is 1. The van der Waals surface area contributed by atoms with Crippen molar-refractivity contribution in [1.82, 2.24) is 14.9 Å². The van der Waals surface area contributed by atoms with Crippen molar-refractivity contribution in [3.05, 3.63) is 57.3 Å². The second-order valence-electron chi connectivity index (χ2n) is 5.69. The Balaban J connectivity index is 1.80. The molecule has 0 aliphatic carbocycles. The van der Waals surface area contributed by atoms with Gasteiger partial charge in [-0.05, 0) is 13.0 Å². The minimum Gasteiger partial charge on any atom is -0.405 e. The van der Waals surface area contributed by atoms with Crippen molar-refractivity contribution in [2.45, 2.75) is 32.8 Å². The van der Waals surface area contributed by atoms with Gasteiger partial charge < -0.3 is 9.72 Å². The fraction of sp³-hybridized carbons (Fsp3) is 0.375. The topological polar surface area (TPSA) is 58.2 Å². The first-order valence-corrected chi connectivity index (χ1v) is 7.46. The third-order valence-corrected chi connectivity index (χ3v) is 3.86. The van der Waals surface area contributed by atoms with E-state index in [1.165, 1.54) is 12.1 Å². The van der Waals surface area contributed by atoms with Crippen molar-refractivity contribution >= 4 is 0 Å². The first-order chi connectivity index (χ1) is 11.3. The molecule has 1 aliphatic heterocycles. The summed E-state index contributed by atoms with van der Waals surface area (Å²) < 4.78 is 41.6. The Morgan fingerprint density at radius 2 is 2.08 bits per heavy atom. The van der Waals surface area contributed by atoms with Gasteiger partial charge in [0.2, 0.25) is 0 Å². The molecule has 0 saturated carbocycles. The third kappa shape index (κ3) is 3.76. The molecule has 0 spiro atoms. The van der Waals surface area contributed by atoms with Crippen LogP contribution in [0.25, 0.3) is 0 Å². The zero-order valence-electron chi connectivity index (χ0n) is 13.0. The predicted octanol–water partition coefficient (Wildman–Crippen LogP) is 2.54. The smallest absolute Gasteiger partial charge is 0.405 e. The highest BCUT2D eigenvalue weighted by atomic mass is 19.4. The normalized spacial score (nSPS) is 15.2. The second kappa shape index (κ2) is 6.27. The fourth-order valence-electron chi connectivity index (χ4n) is 2.84. The summed E-state index contributed by atoms with van der Waals surface area (Å²) in [6, 6.07) is 6.04. The molecule has 128 valence electrons. The van der Waals surface area contributed by atoms with Gasteiger partial charge in [0, 0.05) is 31.6 Å². The first kappa shape index (κ1) is 16.5. The summed E-state index contributed by atoms with van der Waals surface area (Å²) in [6.45, 7) is 2.94. The average molecular weight is 339 g/mol. The standard InChI is InChI=1S/C16H16F3N3O2/c1-10-20-13-6-7-22(9-12(13)15(23)21-10)8-11-4-2-3-5-14(11)24-16(17,18)19/h2-5H,6-9H2,1H3,(H,20,21,23). The molecule has 2 aromatic rings. The SMILES string of the molecule is Cc1nc2c(c(=O)[nH]1)CN(Cc1ccccc1OC(F)(F)F)CC2. The van der Waals surface area contributed by atoms with E-state index in [9.17, 15) is 18.0 Å². The number of benzene rings is 1. The van der Waals surface area contributed by atoms with Gasteiger partial charge in [0.1, 0.15) is 11.6 Å². The van der Waals surface area contributed by atoms with Gasteiger partial charge in [0.05, 0.1) is 11.3 Å². The molecule has 0 radical (unpaired) electrons. The fourth-order valence-corrected chi connectivity index (χ4v) is 2.84. The van der Waals surface area contributed by atoms with Crippen molar-refractivity contribution in [2.75, 3.05) is 6.54 Å². The molecular weight excluding hydrogens is 323 g/mol. The van der Waals surface area contributed by atoms with Crippen LogP contribution < -0.4 is 10.3 Å². The molecule has 2 heterocycles. The molecule has 8 heteroatoms. The maximum Gasteiger partial charge on any atom is 0.573 e. The number of halogens is 3. The molecule has 1 aromatic carbocycles. The van der Waals surface area contributed by atoms with Crippen molar-refractivity contribution in [2.24, 2.45) is 0 Å². The minimum atomic E-state index is -4.73. The monoisotopic (exact) mass is 339 g/mol. The summed E-state index contributed by atoms with van der Waals surface area (Å²) in [6.07, 6.45) is -4.15. The van der Waals surface area contributed by atoms with Crippen LogP contribution >= 0.6 is 0 Å². The highest BCUT2D eigenvalue weighted by Crippen LogP contribution is 2.28. The molecule has 1 aromatic heterocycles. The number of fused-ring (bicyclic) bond motifs is 1. The van der Waals surface area contributed by atoms with E-state index < -0.39 is 6.36 Å². The number of hydrogen-bond acceptors (Lipinski definition) is 4. The molecular formula is C16H16F3N3O2. The van der Waals surface area contributed by atoms with E-state index in [2.05, 4.69) is 14.7 Å². The molecule has 0 fully saturated rings. The van der Waals surface area contributed by atoms with Gasteiger partial charge >= 0.3 is 6.36 Å². The van der Waals surface area contributed by atoms with Gasteiger partial charge in [-0.15, -0.1) is 13.2 Å². The van der Waals surface area contributed by atoms with Crippen molar-refractivity contribution in [3.63, 3.8) is 0 Å². The number of ether oxygens (including phenoxy) is 1. The molecule has 0 saturated heterocycles. The van der Waals surface area contributed by atoms with E-state index in [1.54, 1.807) is 19.1 Å². The summed E-state index contributed by atoms with van der Waals surface area (Å²) in [7, 11) is 0. The second-order valence-corrected chi connectivity index (χ2v) is 5.69. The summed E-state index contributed by atoms with van der Waals surface area (Å²) in [5.74, 6) is 0.350. The molecule has 3 rings (SSSR count). The predicted molar refractivity (Wildman–Crippen MR) is 80.5 cm³/mol. The lowest BCUT2D eigenvalue weighted by Crippen LogP contribution is -2.35. The van der Waals surface area contributed by atoms with E-state index in [-0.39, 0.29) is 17.9 Å². The molecule has 0 unspecified atom stereocenters. The van der Waals surface area contributed by atoms with Crippen LogP contribution in [0.2, 0.25) is 0 Å². The minimum absolute atomic E-state index is 0.193. The van der Waals surface area contributed by atoms with Crippen molar-refractivity contribution in [1.29, 1.82) is 0 Å². The maximum atomic E-state index is 12.5. The van der Waals surface area contributed by atoms with Crippen LogP contribution in [0.3, 0.4) is 0 Å². The number of nitrogens with one attached hydrogen (secondary N) is 1. The number of rotatable bonds is 3. The van der Waals surface area contributed by atoms with Gasteiger partial charge in [-0.2, -0.15) is 0 Å². The van der Waals surface area contributed by atoms with Crippen molar-refractivity contribution < 1.29 is 17.9 Å². The van der Waals surface area contributed by atoms with Gasteiger partial charge in [0.15, 0.2) is 0 Å². The zero-order chi connectivity index (χ0) is 17.3. The van der Waals surface area contributed by atoms with Crippen LogP contribution in [0.4, 0.5) is 13.2 Å². The van der Waals surface area contributed by atoms with E-state index in [0.717, 1.165) is 5.69 Å². The summed E-state index contributed by atoms with van der Waals surface area (Å²) >= 11 is 0. The van der Waals surface area contributed by atoms with E-state index in [4.69, 9.17) is 0 Å². The quantitative estimate of drug-likeness (QED) is 0.934. The Hall–Kier alpha value is -2.35. The van der Waals surface area contributed by atoms with Gasteiger partial charge in [0.25, 0.3) is 5.56 Å². The number of aryl methyl sites for hydroxylation is 1. The lowest BCUT2D eigenvalue weighted by molar-refractivity contribution is -0.275. The van der Waals surface area contributed by atoms with E-state index >= 15 is 0 Å². The highest BCUT2D eigenvalue weighted by Gasteiger charge is 2.32. The number of nitrogens with zero attached hydrogens (tertiary/aromatic N) is 2. The number of hydrogen-bond donors (Lipinski definition) is 1. The van der Waals surface area contributed by atoms with Gasteiger partial charge in [-0.25, -0.2) is 4.98 Å². The third-order valence-electron chi connectivity index (χ3n) is 3.86. The molecule has 1 N–H and O–H groups in total. The lowest BCUT2D eigenvalue weighted by Gasteiger charge is -2.28. The van der Waals surface area contributed by atoms with Crippen LogP contribution in [0.1, 0.15) is 22.6 Å². The number of H-pyrrole nitrogens is 1. The number of aromatic amines is 1. The maximum absolute atomic E-state index is 12.5. The number of aromatic nitrogens is 2. The van der Waals surface area contributed by atoms with Gasteiger partial charge in [-0.1, -0.05) is 18.2 Å². The molecule has 0 bridgehead atoms. The van der Waals surface area contributed by atoms with Crippen molar-refractivity contribution in [3.8, 4) is 5.75 Å². The molecule has 24 heavy (non-hydrogen) atoms. The van der Waals surface area contributed by atoms with Crippen LogP contribution in [0.5, 0.6) is 5.75 Å². The summed E-state index contributed by atoms with van der Waals surface area (Å²) in [4.78, 5) is 20.9. The molecule has 0 atom stereocenters. The van der Waals surface area contributed by atoms with Crippen LogP contribution in [-0.2, 0) is 19.5 Å². The van der Waals surface area contributed by atoms with E-state index in [0.29, 0.717) is 36.5 Å². The molecule has 5 nitrogen and oxygen atoms in total. The Morgan fingerprint density at radius 1 is 1.33 bits per heavy atom. The molecule has 0 amide bonds. The van der Waals surface area contributed by atoms with Crippen LogP contribution in [0.15, 0.2) is 29.1 Å². The number of alkyl halides is 3. The zero-order valence-corrected chi connectivity index (χ0v) is 13.0. The van der Waals surface area contributed by atoms with Gasteiger partial charge in [-0.3, -0.25) is 9.69 Å². The highest BCUT2D eigenvalue weighted by molar-refractivity contribution is 5.33. The lowest BCUT2D eigenvalue weighted by atomic mass is 10.1. The van der Waals surface area contributed by atoms with Crippen LogP contribution in [-0.4, -0.2) is 27.8 Å². The first-order valence-electron chi connectivity index (χ1n) is 7.46. The van der Waals surface area contributed by atoms with E-state index in [1.807, 2.05) is 4.90 Å². The summed E-state index contributed by atoms with van der Waals surface area (Å²) in [5.41, 5.74) is 1.56. The average Bonchev–Trinajstić information content (AvgIpc) is 2.48. The Bertz CT molecular complexity index is 802. The Kier molecular flexibility index (Phi) is 4.31. The Morgan fingerprint density at radius 3 is 2.83 bits per heavy atom. The largest absolute Gasteiger partial charge is 0.573 e. The summed E-state index contributed by atoms with van der Waals surface area (Å²) in [5, 5.41) is 0. The Labute approximate surface area is 136 Å². The van der Waals surface area contributed by atoms with Crippen LogP contribution in [0, 0.1) is 6.92 Å². The molecule has 1 aliphatic rings.